The first-order valence-corrected chi connectivity index (χ1v) is 4.17. The molecular weight excluding hydrogens is 156 g/mol. The van der Waals surface area contributed by atoms with Crippen molar-refractivity contribution in [2.75, 3.05) is 6.61 Å². The lowest BCUT2D eigenvalue weighted by Gasteiger charge is -2.28. The lowest BCUT2D eigenvalue weighted by atomic mass is 10.1. The first kappa shape index (κ1) is 9.26. The normalized spacial score (nSPS) is 23.9. The van der Waals surface area contributed by atoms with Crippen molar-refractivity contribution in [3.05, 3.63) is 12.7 Å². The Bertz CT molecular complexity index is 173. The molecule has 2 unspecified atom stereocenters. The molecule has 0 aliphatic carbocycles. The highest BCUT2D eigenvalue weighted by atomic mass is 16.5. The molecular formula is C9H14O3. The van der Waals surface area contributed by atoms with Crippen LogP contribution >= 0.6 is 0 Å². The molecule has 3 nitrogen and oxygen atoms in total. The average molecular weight is 170 g/mol. The van der Waals surface area contributed by atoms with Crippen molar-refractivity contribution in [2.24, 2.45) is 0 Å². The van der Waals surface area contributed by atoms with Crippen LogP contribution in [0.4, 0.5) is 0 Å². The van der Waals surface area contributed by atoms with Crippen LogP contribution in [-0.4, -0.2) is 24.8 Å². The maximum atomic E-state index is 10.7. The molecule has 1 rings (SSSR count). The van der Waals surface area contributed by atoms with E-state index in [2.05, 4.69) is 6.58 Å². The summed E-state index contributed by atoms with van der Waals surface area (Å²) >= 11 is 0. The van der Waals surface area contributed by atoms with Gasteiger partial charge in [-0.3, -0.25) is 0 Å². The number of carbonyl (C=O) groups excluding carboxylic acids is 1. The van der Waals surface area contributed by atoms with Crippen LogP contribution in [0.1, 0.15) is 19.8 Å². The van der Waals surface area contributed by atoms with E-state index >= 15 is 0 Å². The van der Waals surface area contributed by atoms with Gasteiger partial charge in [-0.1, -0.05) is 6.58 Å². The van der Waals surface area contributed by atoms with Crippen molar-refractivity contribution in [2.45, 2.75) is 32.0 Å². The van der Waals surface area contributed by atoms with Crippen molar-refractivity contribution in [3.8, 4) is 0 Å². The van der Waals surface area contributed by atoms with Crippen molar-refractivity contribution < 1.29 is 14.3 Å². The average Bonchev–Trinajstić information content (AvgIpc) is 1.97. The van der Waals surface area contributed by atoms with E-state index in [1.807, 2.05) is 6.92 Å². The standard InChI is InChI=1S/C9H14O3/c1-3-9(10)12-7(2)6-8-4-5-11-8/h3,7-8H,1,4-6H2,2H3. The predicted octanol–water partition coefficient (Wildman–Crippen LogP) is 1.28. The number of ether oxygens (including phenoxy) is 2. The summed E-state index contributed by atoms with van der Waals surface area (Å²) in [4.78, 5) is 10.7. The predicted molar refractivity (Wildman–Crippen MR) is 44.7 cm³/mol. The fourth-order valence-electron chi connectivity index (χ4n) is 1.14. The van der Waals surface area contributed by atoms with Crippen LogP contribution in [0.2, 0.25) is 0 Å². The highest BCUT2D eigenvalue weighted by Gasteiger charge is 2.21. The van der Waals surface area contributed by atoms with Gasteiger partial charge in [0.1, 0.15) is 6.10 Å². The summed E-state index contributed by atoms with van der Waals surface area (Å²) in [5.74, 6) is -0.359. The molecule has 12 heavy (non-hydrogen) atoms. The Morgan fingerprint density at radius 1 is 1.92 bits per heavy atom. The zero-order valence-corrected chi connectivity index (χ0v) is 7.29. The van der Waals surface area contributed by atoms with Crippen LogP contribution in [0.5, 0.6) is 0 Å². The zero-order chi connectivity index (χ0) is 8.97. The molecule has 1 aliphatic heterocycles. The van der Waals surface area contributed by atoms with Gasteiger partial charge in [0.25, 0.3) is 0 Å². The molecule has 0 N–H and O–H groups in total. The molecule has 0 aromatic carbocycles. The van der Waals surface area contributed by atoms with Gasteiger partial charge in [-0.25, -0.2) is 4.79 Å². The molecule has 1 fully saturated rings. The maximum Gasteiger partial charge on any atom is 0.330 e. The minimum Gasteiger partial charge on any atom is -0.459 e. The fraction of sp³-hybridized carbons (Fsp3) is 0.667. The Kier molecular flexibility index (Phi) is 3.29. The molecule has 0 amide bonds. The Morgan fingerprint density at radius 2 is 2.58 bits per heavy atom. The summed E-state index contributed by atoms with van der Waals surface area (Å²) < 4.78 is 10.2. The Morgan fingerprint density at radius 3 is 3.00 bits per heavy atom. The summed E-state index contributed by atoms with van der Waals surface area (Å²) in [5, 5.41) is 0. The molecule has 1 saturated heterocycles. The minimum absolute atomic E-state index is 0.0687. The number of esters is 1. The third-order valence-corrected chi connectivity index (χ3v) is 1.87. The molecule has 68 valence electrons. The monoisotopic (exact) mass is 170 g/mol. The van der Waals surface area contributed by atoms with Gasteiger partial charge in [-0.2, -0.15) is 0 Å². The van der Waals surface area contributed by atoms with Crippen molar-refractivity contribution >= 4 is 5.97 Å². The van der Waals surface area contributed by atoms with E-state index in [0.717, 1.165) is 19.4 Å². The molecule has 3 heteroatoms. The molecule has 2 atom stereocenters. The third-order valence-electron chi connectivity index (χ3n) is 1.87. The third kappa shape index (κ3) is 2.66. The lowest BCUT2D eigenvalue weighted by molar-refractivity contribution is -0.146. The summed E-state index contributed by atoms with van der Waals surface area (Å²) in [6, 6.07) is 0. The number of carbonyl (C=O) groups is 1. The highest BCUT2D eigenvalue weighted by molar-refractivity contribution is 5.81. The number of rotatable bonds is 4. The van der Waals surface area contributed by atoms with E-state index < -0.39 is 0 Å². The van der Waals surface area contributed by atoms with Crippen molar-refractivity contribution in [1.82, 2.24) is 0 Å². The Balaban J connectivity index is 2.13. The Hall–Kier alpha value is -0.830. The second kappa shape index (κ2) is 4.26. The van der Waals surface area contributed by atoms with Gasteiger partial charge in [-0.05, 0) is 13.3 Å². The topological polar surface area (TPSA) is 35.5 Å². The van der Waals surface area contributed by atoms with Gasteiger partial charge in [0.2, 0.25) is 0 Å². The van der Waals surface area contributed by atoms with E-state index in [0.29, 0.717) is 0 Å². The molecule has 1 aliphatic rings. The lowest BCUT2D eigenvalue weighted by Crippen LogP contribution is -2.31. The van der Waals surface area contributed by atoms with E-state index in [1.54, 1.807) is 0 Å². The number of hydrogen-bond donors (Lipinski definition) is 0. The van der Waals surface area contributed by atoms with Gasteiger partial charge in [0.05, 0.1) is 6.10 Å². The van der Waals surface area contributed by atoms with E-state index in [1.165, 1.54) is 6.08 Å². The quantitative estimate of drug-likeness (QED) is 0.471. The summed E-state index contributed by atoms with van der Waals surface area (Å²) in [5.41, 5.74) is 0. The second-order valence-corrected chi connectivity index (χ2v) is 2.97. The van der Waals surface area contributed by atoms with Crippen molar-refractivity contribution in [3.63, 3.8) is 0 Å². The van der Waals surface area contributed by atoms with Gasteiger partial charge < -0.3 is 9.47 Å². The maximum absolute atomic E-state index is 10.7. The molecule has 0 radical (unpaired) electrons. The summed E-state index contributed by atoms with van der Waals surface area (Å²) in [6.45, 7) is 6.03. The van der Waals surface area contributed by atoms with Gasteiger partial charge in [0.15, 0.2) is 0 Å². The highest BCUT2D eigenvalue weighted by Crippen LogP contribution is 2.17. The van der Waals surface area contributed by atoms with E-state index in [4.69, 9.17) is 9.47 Å². The van der Waals surface area contributed by atoms with Gasteiger partial charge >= 0.3 is 5.97 Å². The van der Waals surface area contributed by atoms with Crippen LogP contribution in [0, 0.1) is 0 Å². The van der Waals surface area contributed by atoms with Gasteiger partial charge in [0, 0.05) is 19.1 Å². The molecule has 1 heterocycles. The first-order valence-electron chi connectivity index (χ1n) is 4.17. The van der Waals surface area contributed by atoms with Crippen LogP contribution < -0.4 is 0 Å². The molecule has 0 spiro atoms. The van der Waals surface area contributed by atoms with Crippen LogP contribution in [0.3, 0.4) is 0 Å². The second-order valence-electron chi connectivity index (χ2n) is 2.97. The SMILES string of the molecule is C=CC(=O)OC(C)CC1CCO1. The molecule has 0 bridgehead atoms. The van der Waals surface area contributed by atoms with Gasteiger partial charge in [-0.15, -0.1) is 0 Å². The van der Waals surface area contributed by atoms with E-state index in [-0.39, 0.29) is 18.2 Å². The molecule has 0 aromatic rings. The molecule has 0 aromatic heterocycles. The van der Waals surface area contributed by atoms with Crippen LogP contribution in [0.15, 0.2) is 12.7 Å². The largest absolute Gasteiger partial charge is 0.459 e. The summed E-state index contributed by atoms with van der Waals surface area (Å²) in [7, 11) is 0. The zero-order valence-electron chi connectivity index (χ0n) is 7.29. The van der Waals surface area contributed by atoms with Crippen molar-refractivity contribution in [1.29, 1.82) is 0 Å². The first-order chi connectivity index (χ1) is 5.72. The summed E-state index contributed by atoms with van der Waals surface area (Å²) in [6.07, 6.45) is 3.27. The smallest absolute Gasteiger partial charge is 0.330 e. The minimum atomic E-state index is -0.359. The molecule has 0 saturated carbocycles. The number of hydrogen-bond acceptors (Lipinski definition) is 3. The van der Waals surface area contributed by atoms with E-state index in [9.17, 15) is 4.79 Å². The van der Waals surface area contributed by atoms with Crippen LogP contribution in [-0.2, 0) is 14.3 Å². The van der Waals surface area contributed by atoms with Crippen LogP contribution in [0.25, 0.3) is 0 Å². The fourth-order valence-corrected chi connectivity index (χ4v) is 1.14. The Labute approximate surface area is 72.4 Å².